The minimum absolute atomic E-state index is 0.328. The Balaban J connectivity index is 1.93. The number of pyridine rings is 1. The Morgan fingerprint density at radius 3 is 2.53 bits per heavy atom. The molecule has 0 amide bonds. The minimum Gasteiger partial charge on any atom is -0.311 e. The second kappa shape index (κ2) is 5.59. The Morgan fingerprint density at radius 2 is 1.95 bits per heavy atom. The van der Waals surface area contributed by atoms with Crippen LogP contribution in [0.25, 0.3) is 0 Å². The fourth-order valence-electron chi connectivity index (χ4n) is 4.23. The minimum atomic E-state index is 0.328. The number of nitrogens with one attached hydrogen (secondary N) is 1. The lowest BCUT2D eigenvalue weighted by Gasteiger charge is -2.45. The van der Waals surface area contributed by atoms with Crippen LogP contribution in [-0.4, -0.2) is 35.6 Å². The second-order valence-electron chi connectivity index (χ2n) is 6.01. The average molecular weight is 259 g/mol. The third kappa shape index (κ3) is 2.30. The maximum Gasteiger partial charge on any atom is 0.0520 e. The summed E-state index contributed by atoms with van der Waals surface area (Å²) in [7, 11) is 2.10. The molecule has 3 nitrogen and oxygen atoms in total. The summed E-state index contributed by atoms with van der Waals surface area (Å²) in [5, 5.41) is 3.60. The van der Waals surface area contributed by atoms with E-state index in [4.69, 9.17) is 0 Å². The molecule has 1 aromatic heterocycles. The first kappa shape index (κ1) is 13.1. The van der Waals surface area contributed by atoms with Crippen LogP contribution in [0.2, 0.25) is 0 Å². The maximum absolute atomic E-state index is 4.32. The van der Waals surface area contributed by atoms with Crippen molar-refractivity contribution < 1.29 is 0 Å². The van der Waals surface area contributed by atoms with Crippen molar-refractivity contribution in [2.75, 3.05) is 20.1 Å². The predicted octanol–water partition coefficient (Wildman–Crippen LogP) is 2.75. The lowest BCUT2D eigenvalue weighted by Crippen LogP contribution is -2.53. The Hall–Kier alpha value is -0.930. The summed E-state index contributed by atoms with van der Waals surface area (Å²) in [6.07, 6.45) is 12.0. The highest BCUT2D eigenvalue weighted by molar-refractivity contribution is 5.21. The number of rotatable bonds is 4. The van der Waals surface area contributed by atoms with E-state index in [1.165, 1.54) is 57.2 Å². The van der Waals surface area contributed by atoms with E-state index in [0.717, 1.165) is 0 Å². The van der Waals surface area contributed by atoms with Gasteiger partial charge in [0.2, 0.25) is 0 Å². The summed E-state index contributed by atoms with van der Waals surface area (Å²) in [6, 6.07) is 4.71. The zero-order valence-corrected chi connectivity index (χ0v) is 11.9. The van der Waals surface area contributed by atoms with Crippen LogP contribution in [0.1, 0.15) is 50.1 Å². The van der Waals surface area contributed by atoms with Crippen LogP contribution >= 0.6 is 0 Å². The molecule has 1 aliphatic carbocycles. The van der Waals surface area contributed by atoms with E-state index in [-0.39, 0.29) is 0 Å². The van der Waals surface area contributed by atoms with Crippen molar-refractivity contribution in [3.8, 4) is 0 Å². The van der Waals surface area contributed by atoms with Gasteiger partial charge in [0, 0.05) is 17.9 Å². The smallest absolute Gasteiger partial charge is 0.0520 e. The van der Waals surface area contributed by atoms with Crippen LogP contribution in [0, 0.1) is 0 Å². The van der Waals surface area contributed by atoms with Gasteiger partial charge in [0.1, 0.15) is 0 Å². The molecule has 1 saturated carbocycles. The van der Waals surface area contributed by atoms with Gasteiger partial charge in [-0.1, -0.05) is 18.9 Å². The zero-order valence-electron chi connectivity index (χ0n) is 11.9. The number of hydrogen-bond acceptors (Lipinski definition) is 3. The Kier molecular flexibility index (Phi) is 3.85. The lowest BCUT2D eigenvalue weighted by atomic mass is 9.82. The van der Waals surface area contributed by atoms with Gasteiger partial charge >= 0.3 is 0 Å². The predicted molar refractivity (Wildman–Crippen MR) is 78.0 cm³/mol. The van der Waals surface area contributed by atoms with Crippen LogP contribution in [-0.2, 0) is 0 Å². The van der Waals surface area contributed by atoms with Gasteiger partial charge in [-0.05, 0) is 57.5 Å². The first-order chi connectivity index (χ1) is 9.37. The van der Waals surface area contributed by atoms with Gasteiger partial charge in [0.05, 0.1) is 6.04 Å². The quantitative estimate of drug-likeness (QED) is 0.901. The van der Waals surface area contributed by atoms with Crippen LogP contribution in [0.15, 0.2) is 24.5 Å². The van der Waals surface area contributed by atoms with Gasteiger partial charge in [0.15, 0.2) is 0 Å². The number of nitrogens with zero attached hydrogens (tertiary/aromatic N) is 2. The van der Waals surface area contributed by atoms with E-state index in [9.17, 15) is 0 Å². The van der Waals surface area contributed by atoms with Crippen molar-refractivity contribution >= 4 is 0 Å². The lowest BCUT2D eigenvalue weighted by molar-refractivity contribution is 0.0795. The first-order valence-corrected chi connectivity index (χ1v) is 7.69. The van der Waals surface area contributed by atoms with Gasteiger partial charge < -0.3 is 5.32 Å². The fourth-order valence-corrected chi connectivity index (χ4v) is 4.23. The molecule has 1 saturated heterocycles. The van der Waals surface area contributed by atoms with E-state index in [1.807, 2.05) is 12.4 Å². The first-order valence-electron chi connectivity index (χ1n) is 7.69. The summed E-state index contributed by atoms with van der Waals surface area (Å²) < 4.78 is 0. The molecule has 104 valence electrons. The van der Waals surface area contributed by atoms with Crippen molar-refractivity contribution in [2.45, 2.75) is 50.1 Å². The molecule has 0 aromatic carbocycles. The van der Waals surface area contributed by atoms with E-state index in [0.29, 0.717) is 11.6 Å². The molecule has 0 spiro atoms. The number of likely N-dealkylation sites (tertiary alicyclic amines) is 1. The summed E-state index contributed by atoms with van der Waals surface area (Å²) >= 11 is 0. The summed E-state index contributed by atoms with van der Waals surface area (Å²) in [5.41, 5.74) is 1.67. The van der Waals surface area contributed by atoms with Crippen LogP contribution in [0.4, 0.5) is 0 Å². The standard InChI is InChI=1S/C16H25N3/c1-17-15(14-7-6-10-18-13-14)16(8-2-3-9-16)19-11-4-5-12-19/h6-7,10,13,15,17H,2-5,8-9,11-12H2,1H3. The molecule has 1 unspecified atom stereocenters. The molecule has 1 aromatic rings. The topological polar surface area (TPSA) is 28.2 Å². The largest absolute Gasteiger partial charge is 0.311 e. The highest BCUT2D eigenvalue weighted by Crippen LogP contribution is 2.45. The molecule has 0 bridgehead atoms. The van der Waals surface area contributed by atoms with Crippen molar-refractivity contribution in [2.24, 2.45) is 0 Å². The third-order valence-electron chi connectivity index (χ3n) is 5.05. The highest BCUT2D eigenvalue weighted by Gasteiger charge is 2.46. The Bertz CT molecular complexity index is 392. The normalized spacial score (nSPS) is 24.7. The molecule has 1 aliphatic heterocycles. The zero-order chi connectivity index (χ0) is 13.1. The SMILES string of the molecule is CNC(c1cccnc1)C1(N2CCCC2)CCCC1. The summed E-state index contributed by atoms with van der Waals surface area (Å²) in [4.78, 5) is 7.08. The molecule has 3 rings (SSSR count). The van der Waals surface area contributed by atoms with Crippen molar-refractivity contribution in [3.05, 3.63) is 30.1 Å². The molecule has 19 heavy (non-hydrogen) atoms. The van der Waals surface area contributed by atoms with Gasteiger partial charge in [-0.25, -0.2) is 0 Å². The average Bonchev–Trinajstić information content (AvgIpc) is 3.12. The van der Waals surface area contributed by atoms with E-state index in [2.05, 4.69) is 34.4 Å². The van der Waals surface area contributed by atoms with Crippen LogP contribution in [0.3, 0.4) is 0 Å². The monoisotopic (exact) mass is 259 g/mol. The van der Waals surface area contributed by atoms with Crippen LogP contribution in [0.5, 0.6) is 0 Å². The molecule has 2 aliphatic rings. The molecule has 1 N–H and O–H groups in total. The van der Waals surface area contributed by atoms with Gasteiger partial charge in [-0.15, -0.1) is 0 Å². The second-order valence-corrected chi connectivity index (χ2v) is 6.01. The van der Waals surface area contributed by atoms with Gasteiger partial charge in [-0.3, -0.25) is 9.88 Å². The van der Waals surface area contributed by atoms with Crippen LogP contribution < -0.4 is 5.32 Å². The van der Waals surface area contributed by atoms with E-state index >= 15 is 0 Å². The molecule has 0 radical (unpaired) electrons. The Labute approximate surface area is 116 Å². The molecule has 2 fully saturated rings. The summed E-state index contributed by atoms with van der Waals surface area (Å²) in [5.74, 6) is 0. The fraction of sp³-hybridized carbons (Fsp3) is 0.688. The highest BCUT2D eigenvalue weighted by atomic mass is 15.2. The molecule has 1 atom stereocenters. The van der Waals surface area contributed by atoms with E-state index < -0.39 is 0 Å². The summed E-state index contributed by atoms with van der Waals surface area (Å²) in [6.45, 7) is 2.55. The number of hydrogen-bond donors (Lipinski definition) is 1. The van der Waals surface area contributed by atoms with Crippen molar-refractivity contribution in [1.29, 1.82) is 0 Å². The number of likely N-dealkylation sites (N-methyl/N-ethyl adjacent to an activating group) is 1. The Morgan fingerprint density at radius 1 is 1.21 bits per heavy atom. The molecule has 3 heteroatoms. The number of aromatic nitrogens is 1. The van der Waals surface area contributed by atoms with Gasteiger partial charge in [0.25, 0.3) is 0 Å². The van der Waals surface area contributed by atoms with Crippen molar-refractivity contribution in [3.63, 3.8) is 0 Å². The van der Waals surface area contributed by atoms with Crippen molar-refractivity contribution in [1.82, 2.24) is 15.2 Å². The molecule has 2 heterocycles. The molecular formula is C16H25N3. The maximum atomic E-state index is 4.32. The third-order valence-corrected chi connectivity index (χ3v) is 5.05. The van der Waals surface area contributed by atoms with E-state index in [1.54, 1.807) is 0 Å². The molecular weight excluding hydrogens is 234 g/mol. The van der Waals surface area contributed by atoms with Gasteiger partial charge in [-0.2, -0.15) is 0 Å².